The van der Waals surface area contributed by atoms with Crippen molar-refractivity contribution >= 4 is 29.4 Å². The third-order valence-electron chi connectivity index (χ3n) is 4.64. The van der Waals surface area contributed by atoms with Gasteiger partial charge in [-0.3, -0.25) is 9.59 Å². The summed E-state index contributed by atoms with van der Waals surface area (Å²) in [6, 6.07) is 3.66. The fourth-order valence-corrected chi connectivity index (χ4v) is 3.09. The number of hydrogen-bond acceptors (Lipinski definition) is 4. The van der Waals surface area contributed by atoms with Crippen LogP contribution < -0.4 is 10.2 Å². The molecule has 1 unspecified atom stereocenters. The third-order valence-corrected chi connectivity index (χ3v) is 4.64. The number of benzene rings is 1. The first-order valence-electron chi connectivity index (χ1n) is 8.56. The lowest BCUT2D eigenvalue weighted by molar-refractivity contribution is -0.124. The molecule has 1 N–H and O–H groups in total. The summed E-state index contributed by atoms with van der Waals surface area (Å²) < 4.78 is 53.4. The summed E-state index contributed by atoms with van der Waals surface area (Å²) in [6.07, 6.45) is -3.86. The van der Waals surface area contributed by atoms with Gasteiger partial charge in [0.1, 0.15) is 11.7 Å². The first kappa shape index (κ1) is 20.0. The summed E-state index contributed by atoms with van der Waals surface area (Å²) >= 11 is 0. The number of carbonyl (C=O) groups excluding carboxylic acids is 2. The Labute approximate surface area is 158 Å². The van der Waals surface area contributed by atoms with Crippen molar-refractivity contribution in [1.29, 1.82) is 0 Å². The highest BCUT2D eigenvalue weighted by Crippen LogP contribution is 2.34. The molecule has 1 fully saturated rings. The van der Waals surface area contributed by atoms with Crippen molar-refractivity contribution < 1.29 is 27.2 Å². The number of amides is 2. The molecule has 1 atom stereocenters. The number of nitrogens with zero attached hydrogens (tertiary/aromatic N) is 3. The molecule has 0 saturated carbocycles. The van der Waals surface area contributed by atoms with E-state index in [9.17, 15) is 27.2 Å². The van der Waals surface area contributed by atoms with E-state index in [0.29, 0.717) is 31.1 Å². The van der Waals surface area contributed by atoms with Crippen molar-refractivity contribution in [2.24, 2.45) is 10.9 Å². The molecular weight excluding hydrogens is 380 g/mol. The van der Waals surface area contributed by atoms with Crippen LogP contribution in [0, 0.1) is 11.7 Å². The van der Waals surface area contributed by atoms with E-state index < -0.39 is 35.3 Å². The van der Waals surface area contributed by atoms with Gasteiger partial charge < -0.3 is 15.1 Å². The van der Waals surface area contributed by atoms with E-state index in [2.05, 4.69) is 15.2 Å². The summed E-state index contributed by atoms with van der Waals surface area (Å²) in [7, 11) is 1.94. The Morgan fingerprint density at radius 2 is 1.89 bits per heavy atom. The van der Waals surface area contributed by atoms with Crippen LogP contribution in [0.1, 0.15) is 0 Å². The highest BCUT2D eigenvalue weighted by atomic mass is 19.4. The largest absolute Gasteiger partial charge is 0.414 e. The average molecular weight is 398 g/mol. The highest BCUT2D eigenvalue weighted by Gasteiger charge is 2.43. The summed E-state index contributed by atoms with van der Waals surface area (Å²) in [4.78, 5) is 31.0. The Bertz CT molecular complexity index is 842. The standard InChI is InChI=1S/C18H18F4N4O2/c1-25-4-6-26(7-5-25)15-8-11(19)2-3-14(15)24-17(28)12-10-23-16(27)9-13(12)18(20,21)22/h2-3,8-10,12H,4-7H2,1H3,(H,24,28). The predicted octanol–water partition coefficient (Wildman–Crippen LogP) is 2.23. The van der Waals surface area contributed by atoms with Crippen LogP contribution >= 0.6 is 0 Å². The quantitative estimate of drug-likeness (QED) is 0.794. The molecule has 0 spiro atoms. The van der Waals surface area contributed by atoms with Crippen molar-refractivity contribution in [3.05, 3.63) is 35.7 Å². The second kappa shape index (κ2) is 7.70. The molecule has 6 nitrogen and oxygen atoms in total. The van der Waals surface area contributed by atoms with Crippen LogP contribution in [0.15, 0.2) is 34.8 Å². The minimum absolute atomic E-state index is 0.197. The minimum atomic E-state index is -4.85. The van der Waals surface area contributed by atoms with E-state index in [1.165, 1.54) is 12.1 Å². The van der Waals surface area contributed by atoms with Crippen molar-refractivity contribution in [3.8, 4) is 0 Å². The number of dihydropyridines is 1. The molecule has 0 radical (unpaired) electrons. The number of carbonyl (C=O) groups is 2. The van der Waals surface area contributed by atoms with Gasteiger partial charge in [-0.15, -0.1) is 0 Å². The van der Waals surface area contributed by atoms with Gasteiger partial charge in [-0.1, -0.05) is 0 Å². The van der Waals surface area contributed by atoms with Gasteiger partial charge in [0.05, 0.1) is 16.9 Å². The smallest absolute Gasteiger partial charge is 0.367 e. The lowest BCUT2D eigenvalue weighted by Gasteiger charge is -2.35. The van der Waals surface area contributed by atoms with Crippen LogP contribution in [-0.2, 0) is 9.59 Å². The lowest BCUT2D eigenvalue weighted by Crippen LogP contribution is -2.45. The number of likely N-dealkylation sites (N-methyl/N-ethyl adjacent to an activating group) is 1. The molecule has 0 aliphatic carbocycles. The van der Waals surface area contributed by atoms with E-state index in [4.69, 9.17) is 0 Å². The zero-order chi connectivity index (χ0) is 20.5. The van der Waals surface area contributed by atoms with Gasteiger partial charge in [0, 0.05) is 38.5 Å². The van der Waals surface area contributed by atoms with Crippen LogP contribution in [0.5, 0.6) is 0 Å². The Hall–Kier alpha value is -2.75. The topological polar surface area (TPSA) is 65.0 Å². The molecule has 2 heterocycles. The number of hydrogen-bond donors (Lipinski definition) is 1. The third kappa shape index (κ3) is 4.38. The highest BCUT2D eigenvalue weighted by molar-refractivity contribution is 6.11. The van der Waals surface area contributed by atoms with E-state index in [1.807, 2.05) is 11.9 Å². The maximum atomic E-state index is 13.8. The fraction of sp³-hybridized carbons (Fsp3) is 0.389. The SMILES string of the molecule is CN1CCN(c2cc(F)ccc2NC(=O)C2C=NC(=O)C=C2C(F)(F)F)CC1. The normalized spacial score (nSPS) is 20.9. The molecule has 1 saturated heterocycles. The number of nitrogens with one attached hydrogen (secondary N) is 1. The first-order chi connectivity index (χ1) is 13.1. The first-order valence-corrected chi connectivity index (χ1v) is 8.56. The average Bonchev–Trinajstić information content (AvgIpc) is 2.63. The second-order valence-corrected chi connectivity index (χ2v) is 6.63. The summed E-state index contributed by atoms with van der Waals surface area (Å²) in [6.45, 7) is 2.61. The van der Waals surface area contributed by atoms with Crippen LogP contribution in [0.25, 0.3) is 0 Å². The molecule has 3 rings (SSSR count). The number of halogens is 4. The van der Waals surface area contributed by atoms with Crippen molar-refractivity contribution in [1.82, 2.24) is 4.90 Å². The number of anilines is 2. The lowest BCUT2D eigenvalue weighted by atomic mass is 9.96. The van der Waals surface area contributed by atoms with Crippen LogP contribution in [0.3, 0.4) is 0 Å². The van der Waals surface area contributed by atoms with Gasteiger partial charge in [-0.05, 0) is 25.2 Å². The number of alkyl halides is 3. The molecule has 2 amide bonds. The monoisotopic (exact) mass is 398 g/mol. The predicted molar refractivity (Wildman–Crippen MR) is 95.9 cm³/mol. The van der Waals surface area contributed by atoms with E-state index in [0.717, 1.165) is 19.2 Å². The van der Waals surface area contributed by atoms with Crippen LogP contribution in [0.4, 0.5) is 28.9 Å². The maximum Gasteiger partial charge on any atom is 0.414 e. The Morgan fingerprint density at radius 3 is 2.54 bits per heavy atom. The Balaban J connectivity index is 1.85. The molecular formula is C18H18F4N4O2. The Kier molecular flexibility index (Phi) is 5.50. The van der Waals surface area contributed by atoms with Gasteiger partial charge in [0.15, 0.2) is 0 Å². The molecule has 0 aromatic heterocycles. The summed E-state index contributed by atoms with van der Waals surface area (Å²) in [5.41, 5.74) is -0.696. The van der Waals surface area contributed by atoms with Gasteiger partial charge in [0.2, 0.25) is 5.91 Å². The van der Waals surface area contributed by atoms with Gasteiger partial charge >= 0.3 is 6.18 Å². The molecule has 0 bridgehead atoms. The number of rotatable bonds is 3. The molecule has 150 valence electrons. The Morgan fingerprint density at radius 1 is 1.21 bits per heavy atom. The molecule has 1 aromatic rings. The zero-order valence-corrected chi connectivity index (χ0v) is 15.0. The van der Waals surface area contributed by atoms with Crippen LogP contribution in [-0.4, -0.2) is 62.3 Å². The van der Waals surface area contributed by atoms with E-state index in [1.54, 1.807) is 0 Å². The summed E-state index contributed by atoms with van der Waals surface area (Å²) in [5, 5.41) is 2.43. The van der Waals surface area contributed by atoms with E-state index in [-0.39, 0.29) is 5.69 Å². The second-order valence-electron chi connectivity index (χ2n) is 6.63. The molecule has 10 heteroatoms. The van der Waals surface area contributed by atoms with Gasteiger partial charge in [-0.25, -0.2) is 9.38 Å². The molecule has 28 heavy (non-hydrogen) atoms. The van der Waals surface area contributed by atoms with E-state index >= 15 is 0 Å². The minimum Gasteiger partial charge on any atom is -0.367 e. The zero-order valence-electron chi connectivity index (χ0n) is 15.0. The van der Waals surface area contributed by atoms with Gasteiger partial charge in [0.25, 0.3) is 5.91 Å². The molecule has 1 aromatic carbocycles. The fourth-order valence-electron chi connectivity index (χ4n) is 3.09. The van der Waals surface area contributed by atoms with Crippen LogP contribution in [0.2, 0.25) is 0 Å². The molecule has 2 aliphatic rings. The summed E-state index contributed by atoms with van der Waals surface area (Å²) in [5.74, 6) is -4.35. The van der Waals surface area contributed by atoms with Crippen molar-refractivity contribution in [3.63, 3.8) is 0 Å². The number of piperazine rings is 1. The number of aliphatic imine (C=N–C) groups is 1. The van der Waals surface area contributed by atoms with Crippen molar-refractivity contribution in [2.75, 3.05) is 43.4 Å². The van der Waals surface area contributed by atoms with Gasteiger partial charge in [-0.2, -0.15) is 13.2 Å². The molecule has 2 aliphatic heterocycles. The van der Waals surface area contributed by atoms with Crippen molar-refractivity contribution in [2.45, 2.75) is 6.18 Å². The maximum absolute atomic E-state index is 13.8.